The highest BCUT2D eigenvalue weighted by molar-refractivity contribution is 5.95. The van der Waals surface area contributed by atoms with Gasteiger partial charge in [0.05, 0.1) is 0 Å². The maximum Gasteiger partial charge on any atom is 0.228 e. The Bertz CT molecular complexity index is 816. The van der Waals surface area contributed by atoms with Crippen LogP contribution in [0.3, 0.4) is 0 Å². The molecule has 0 saturated heterocycles. The molecule has 0 bridgehead atoms. The van der Waals surface area contributed by atoms with Gasteiger partial charge in [0.15, 0.2) is 11.6 Å². The number of pyridine rings is 1. The van der Waals surface area contributed by atoms with Crippen LogP contribution in [0.25, 0.3) is 0 Å². The van der Waals surface area contributed by atoms with Crippen LogP contribution >= 0.6 is 0 Å². The summed E-state index contributed by atoms with van der Waals surface area (Å²) in [6.45, 7) is 2.61. The van der Waals surface area contributed by atoms with Gasteiger partial charge < -0.3 is 9.88 Å². The van der Waals surface area contributed by atoms with Crippen LogP contribution in [-0.2, 0) is 11.3 Å². The molecule has 1 heterocycles. The van der Waals surface area contributed by atoms with Crippen LogP contribution in [0.1, 0.15) is 24.8 Å². The van der Waals surface area contributed by atoms with Gasteiger partial charge in [-0.3, -0.25) is 9.59 Å². The van der Waals surface area contributed by atoms with Crippen molar-refractivity contribution < 1.29 is 13.6 Å². The number of anilines is 1. The van der Waals surface area contributed by atoms with Gasteiger partial charge in [-0.05, 0) is 37.0 Å². The molecular formula is C17H16F2N2O2. The zero-order valence-electron chi connectivity index (χ0n) is 12.6. The van der Waals surface area contributed by atoms with Crippen molar-refractivity contribution in [3.05, 3.63) is 64.1 Å². The van der Waals surface area contributed by atoms with Gasteiger partial charge in [0.2, 0.25) is 11.3 Å². The van der Waals surface area contributed by atoms with E-state index in [0.29, 0.717) is 18.5 Å². The summed E-state index contributed by atoms with van der Waals surface area (Å²) in [6.07, 6.45) is 3.81. The van der Waals surface area contributed by atoms with E-state index in [1.54, 1.807) is 17.0 Å². The minimum absolute atomic E-state index is 0.137. The van der Waals surface area contributed by atoms with Crippen molar-refractivity contribution in [1.82, 2.24) is 4.57 Å². The molecule has 0 unspecified atom stereocenters. The summed E-state index contributed by atoms with van der Waals surface area (Å²) in [6, 6.07) is 5.08. The van der Waals surface area contributed by atoms with E-state index in [-0.39, 0.29) is 28.9 Å². The van der Waals surface area contributed by atoms with Crippen molar-refractivity contribution in [2.75, 3.05) is 5.32 Å². The summed E-state index contributed by atoms with van der Waals surface area (Å²) in [4.78, 5) is 24.0. The monoisotopic (exact) mass is 318 g/mol. The van der Waals surface area contributed by atoms with Gasteiger partial charge in [-0.2, -0.15) is 0 Å². The molecule has 1 aromatic heterocycles. The fraction of sp³-hybridized carbons (Fsp3) is 0.294. The van der Waals surface area contributed by atoms with Crippen molar-refractivity contribution in [2.45, 2.75) is 25.8 Å². The highest BCUT2D eigenvalue weighted by Gasteiger charge is 2.44. The number of halogens is 2. The zero-order chi connectivity index (χ0) is 16.6. The number of rotatable bonds is 4. The van der Waals surface area contributed by atoms with Crippen LogP contribution in [0.5, 0.6) is 0 Å². The molecule has 2 atom stereocenters. The first kappa shape index (κ1) is 15.4. The second-order valence-corrected chi connectivity index (χ2v) is 5.66. The summed E-state index contributed by atoms with van der Waals surface area (Å²) < 4.78 is 28.0. The average Bonchev–Trinajstić information content (AvgIpc) is 3.33. The van der Waals surface area contributed by atoms with E-state index in [0.717, 1.165) is 12.1 Å². The van der Waals surface area contributed by atoms with E-state index in [2.05, 4.69) is 5.32 Å². The molecule has 1 aliphatic carbocycles. The van der Waals surface area contributed by atoms with Gasteiger partial charge >= 0.3 is 0 Å². The molecule has 6 heteroatoms. The molecule has 1 amide bonds. The number of amides is 1. The van der Waals surface area contributed by atoms with E-state index in [1.807, 2.05) is 6.92 Å². The molecule has 0 radical (unpaired) electrons. The standard InChI is InChI=1S/C17H16F2N2O2/c1-2-21-6-5-16(22)15(9-21)20-17(23)12-8-11(12)10-3-4-13(18)14(19)7-10/h3-7,9,11-12H,2,8H2,1H3,(H,20,23)/t11-,12-/m1/s1. The third-order valence-corrected chi connectivity index (χ3v) is 4.10. The Kier molecular flexibility index (Phi) is 3.98. The average molecular weight is 318 g/mol. The lowest BCUT2D eigenvalue weighted by Gasteiger charge is -2.08. The number of benzene rings is 1. The minimum atomic E-state index is -0.914. The third-order valence-electron chi connectivity index (χ3n) is 4.10. The van der Waals surface area contributed by atoms with Crippen LogP contribution in [0.2, 0.25) is 0 Å². The molecule has 120 valence electrons. The topological polar surface area (TPSA) is 51.1 Å². The largest absolute Gasteiger partial charge is 0.352 e. The number of aryl methyl sites for hydroxylation is 1. The van der Waals surface area contributed by atoms with Crippen LogP contribution in [0.15, 0.2) is 41.5 Å². The molecule has 1 N–H and O–H groups in total. The van der Waals surface area contributed by atoms with Crippen LogP contribution < -0.4 is 10.7 Å². The zero-order valence-corrected chi connectivity index (χ0v) is 12.6. The molecule has 0 spiro atoms. The number of carbonyl (C=O) groups is 1. The Labute approximate surface area is 131 Å². The fourth-order valence-corrected chi connectivity index (χ4v) is 2.64. The first-order valence-corrected chi connectivity index (χ1v) is 7.45. The molecule has 23 heavy (non-hydrogen) atoms. The lowest BCUT2D eigenvalue weighted by Crippen LogP contribution is -2.21. The number of nitrogens with one attached hydrogen (secondary N) is 1. The van der Waals surface area contributed by atoms with E-state index < -0.39 is 11.6 Å². The summed E-state index contributed by atoms with van der Waals surface area (Å²) in [5.74, 6) is -2.55. The smallest absolute Gasteiger partial charge is 0.228 e. The summed E-state index contributed by atoms with van der Waals surface area (Å²) in [7, 11) is 0. The Balaban J connectivity index is 1.71. The minimum Gasteiger partial charge on any atom is -0.352 e. The highest BCUT2D eigenvalue weighted by atomic mass is 19.2. The Morgan fingerprint density at radius 3 is 2.78 bits per heavy atom. The second kappa shape index (κ2) is 5.95. The van der Waals surface area contributed by atoms with E-state index in [4.69, 9.17) is 0 Å². The normalized spacial score (nSPS) is 19.4. The number of carbonyl (C=O) groups excluding carboxylic acids is 1. The van der Waals surface area contributed by atoms with Crippen molar-refractivity contribution in [3.63, 3.8) is 0 Å². The highest BCUT2D eigenvalue weighted by Crippen LogP contribution is 2.48. The predicted molar refractivity (Wildman–Crippen MR) is 82.2 cm³/mol. The van der Waals surface area contributed by atoms with Crippen LogP contribution in [0, 0.1) is 17.6 Å². The van der Waals surface area contributed by atoms with Gasteiger partial charge in [-0.15, -0.1) is 0 Å². The summed E-state index contributed by atoms with van der Waals surface area (Å²) >= 11 is 0. The Morgan fingerprint density at radius 2 is 2.09 bits per heavy atom. The number of hydrogen-bond donors (Lipinski definition) is 1. The fourth-order valence-electron chi connectivity index (χ4n) is 2.64. The van der Waals surface area contributed by atoms with Gasteiger partial charge in [-0.25, -0.2) is 8.78 Å². The van der Waals surface area contributed by atoms with Crippen molar-refractivity contribution in [2.24, 2.45) is 5.92 Å². The molecule has 1 aromatic carbocycles. The van der Waals surface area contributed by atoms with Crippen molar-refractivity contribution in [1.29, 1.82) is 0 Å². The number of aromatic nitrogens is 1. The number of nitrogens with zero attached hydrogens (tertiary/aromatic N) is 1. The second-order valence-electron chi connectivity index (χ2n) is 5.66. The molecule has 4 nitrogen and oxygen atoms in total. The molecule has 1 fully saturated rings. The van der Waals surface area contributed by atoms with Gasteiger partial charge in [0.1, 0.15) is 5.69 Å². The van der Waals surface area contributed by atoms with E-state index >= 15 is 0 Å². The van der Waals surface area contributed by atoms with Crippen molar-refractivity contribution >= 4 is 11.6 Å². The van der Waals surface area contributed by atoms with Gasteiger partial charge in [-0.1, -0.05) is 6.07 Å². The van der Waals surface area contributed by atoms with Gasteiger partial charge in [0.25, 0.3) is 0 Å². The third kappa shape index (κ3) is 3.16. The van der Waals surface area contributed by atoms with E-state index in [1.165, 1.54) is 12.1 Å². The Morgan fingerprint density at radius 1 is 1.30 bits per heavy atom. The maximum absolute atomic E-state index is 13.3. The predicted octanol–water partition coefficient (Wildman–Crippen LogP) is 2.89. The Hall–Kier alpha value is -2.50. The summed E-state index contributed by atoms with van der Waals surface area (Å²) in [5.41, 5.74) is 0.575. The number of hydrogen-bond acceptors (Lipinski definition) is 2. The lowest BCUT2D eigenvalue weighted by molar-refractivity contribution is -0.117. The lowest BCUT2D eigenvalue weighted by atomic mass is 10.1. The SMILES string of the molecule is CCn1ccc(=O)c(NC(=O)[C@@H]2C[C@@H]2c2ccc(F)c(F)c2)c1. The molecule has 1 aliphatic rings. The molecule has 1 saturated carbocycles. The molecular weight excluding hydrogens is 302 g/mol. The first-order valence-electron chi connectivity index (χ1n) is 7.45. The first-order chi connectivity index (χ1) is 11.0. The quantitative estimate of drug-likeness (QED) is 0.942. The molecule has 2 aromatic rings. The van der Waals surface area contributed by atoms with E-state index in [9.17, 15) is 18.4 Å². The summed E-state index contributed by atoms with van der Waals surface area (Å²) in [5, 5.41) is 2.63. The van der Waals surface area contributed by atoms with Crippen LogP contribution in [0.4, 0.5) is 14.5 Å². The molecule has 0 aliphatic heterocycles. The van der Waals surface area contributed by atoms with Crippen molar-refractivity contribution in [3.8, 4) is 0 Å². The van der Waals surface area contributed by atoms with Crippen LogP contribution in [-0.4, -0.2) is 10.5 Å². The molecule has 3 rings (SSSR count). The van der Waals surface area contributed by atoms with Gasteiger partial charge in [0, 0.05) is 30.9 Å². The maximum atomic E-state index is 13.3.